The van der Waals surface area contributed by atoms with Gasteiger partial charge >= 0.3 is 0 Å². The van der Waals surface area contributed by atoms with Gasteiger partial charge in [-0.3, -0.25) is 9.80 Å². The molecule has 3 unspecified atom stereocenters. The van der Waals surface area contributed by atoms with E-state index in [9.17, 15) is 5.11 Å². The van der Waals surface area contributed by atoms with E-state index in [4.69, 9.17) is 5.26 Å². The van der Waals surface area contributed by atoms with Crippen molar-refractivity contribution in [2.45, 2.75) is 45.4 Å². The molecule has 1 aliphatic heterocycles. The number of aliphatic hydroxyl groups excluding tert-OH is 1. The highest BCUT2D eigenvalue weighted by molar-refractivity contribution is 4.86. The largest absolute Gasteiger partial charge is 0.392 e. The van der Waals surface area contributed by atoms with Gasteiger partial charge in [0.05, 0.1) is 18.6 Å². The normalized spacial score (nSPS) is 27.3. The Morgan fingerprint density at radius 3 is 2.62 bits per heavy atom. The van der Waals surface area contributed by atoms with Crippen LogP contribution >= 0.6 is 0 Å². The van der Waals surface area contributed by atoms with Crippen LogP contribution in [0.4, 0.5) is 0 Å². The lowest BCUT2D eigenvalue weighted by atomic mass is 10.1. The fourth-order valence-corrected chi connectivity index (χ4v) is 2.30. The summed E-state index contributed by atoms with van der Waals surface area (Å²) in [6.45, 7) is 9.87. The lowest BCUT2D eigenvalue weighted by Crippen LogP contribution is -2.55. The fraction of sp³-hybridized carbons (Fsp3) is 0.917. The van der Waals surface area contributed by atoms with Crippen molar-refractivity contribution in [1.29, 1.82) is 5.26 Å². The summed E-state index contributed by atoms with van der Waals surface area (Å²) >= 11 is 0. The van der Waals surface area contributed by atoms with Gasteiger partial charge in [-0.15, -0.1) is 0 Å². The predicted octanol–water partition coefficient (Wildman–Crippen LogP) is 0.675. The van der Waals surface area contributed by atoms with Gasteiger partial charge in [0.1, 0.15) is 0 Å². The second-order valence-corrected chi connectivity index (χ2v) is 4.90. The maximum Gasteiger partial charge on any atom is 0.0639 e. The molecule has 0 aromatic heterocycles. The lowest BCUT2D eigenvalue weighted by molar-refractivity contribution is 0.0315. The Morgan fingerprint density at radius 2 is 2.12 bits per heavy atom. The quantitative estimate of drug-likeness (QED) is 0.764. The highest BCUT2D eigenvalue weighted by Crippen LogP contribution is 2.14. The smallest absolute Gasteiger partial charge is 0.0639 e. The zero-order valence-electron chi connectivity index (χ0n) is 10.6. The number of β-amino-alcohol motifs (C(OH)–C–C–N with tert-alkyl or cyclic N) is 1. The first kappa shape index (κ1) is 13.4. The van der Waals surface area contributed by atoms with Crippen molar-refractivity contribution in [3.8, 4) is 6.07 Å². The molecule has 0 radical (unpaired) electrons. The van der Waals surface area contributed by atoms with E-state index in [1.807, 2.05) is 6.92 Å². The average Bonchev–Trinajstić information content (AvgIpc) is 2.20. The van der Waals surface area contributed by atoms with Gasteiger partial charge in [-0.25, -0.2) is 0 Å². The first-order chi connectivity index (χ1) is 7.54. The topological polar surface area (TPSA) is 50.5 Å². The van der Waals surface area contributed by atoms with E-state index in [1.165, 1.54) is 0 Å². The zero-order chi connectivity index (χ0) is 12.1. The van der Waals surface area contributed by atoms with Crippen molar-refractivity contribution < 1.29 is 5.11 Å². The molecule has 0 aliphatic carbocycles. The van der Waals surface area contributed by atoms with E-state index in [0.717, 1.165) is 26.2 Å². The Balaban J connectivity index is 2.42. The molecule has 1 heterocycles. The predicted molar refractivity (Wildman–Crippen MR) is 64.0 cm³/mol. The van der Waals surface area contributed by atoms with E-state index in [-0.39, 0.29) is 6.10 Å². The molecule has 4 heteroatoms. The van der Waals surface area contributed by atoms with Crippen LogP contribution in [-0.4, -0.2) is 59.3 Å². The number of hydrogen-bond acceptors (Lipinski definition) is 4. The van der Waals surface area contributed by atoms with Gasteiger partial charge in [-0.1, -0.05) is 0 Å². The SMILES string of the molecule is CC(O)CN1CCN(C(C)CC#N)CC1C. The third-order valence-corrected chi connectivity index (χ3v) is 3.31. The summed E-state index contributed by atoms with van der Waals surface area (Å²) in [7, 11) is 0. The first-order valence-corrected chi connectivity index (χ1v) is 6.07. The summed E-state index contributed by atoms with van der Waals surface area (Å²) in [5, 5.41) is 18.1. The molecule has 1 fully saturated rings. The number of nitrogens with zero attached hydrogens (tertiary/aromatic N) is 3. The number of rotatable bonds is 4. The molecule has 1 N–H and O–H groups in total. The van der Waals surface area contributed by atoms with Crippen LogP contribution < -0.4 is 0 Å². The van der Waals surface area contributed by atoms with Gasteiger partial charge in [0.2, 0.25) is 0 Å². The third-order valence-electron chi connectivity index (χ3n) is 3.31. The zero-order valence-corrected chi connectivity index (χ0v) is 10.6. The van der Waals surface area contributed by atoms with Crippen LogP contribution in [0.25, 0.3) is 0 Å². The van der Waals surface area contributed by atoms with Crippen LogP contribution in [0.2, 0.25) is 0 Å². The summed E-state index contributed by atoms with van der Waals surface area (Å²) in [5.41, 5.74) is 0. The van der Waals surface area contributed by atoms with Crippen molar-refractivity contribution in [3.05, 3.63) is 0 Å². The van der Waals surface area contributed by atoms with E-state index in [2.05, 4.69) is 29.7 Å². The molecule has 0 bridgehead atoms. The summed E-state index contributed by atoms with van der Waals surface area (Å²) in [6.07, 6.45) is 0.342. The Labute approximate surface area is 98.5 Å². The standard InChI is InChI=1S/C12H23N3O/c1-10(4-5-13)14-6-7-15(9-12(3)16)11(2)8-14/h10-12,16H,4,6-9H2,1-3H3. The highest BCUT2D eigenvalue weighted by Gasteiger charge is 2.26. The molecular formula is C12H23N3O. The summed E-state index contributed by atoms with van der Waals surface area (Å²) < 4.78 is 0. The summed E-state index contributed by atoms with van der Waals surface area (Å²) in [4.78, 5) is 4.69. The molecule has 3 atom stereocenters. The minimum absolute atomic E-state index is 0.259. The maximum atomic E-state index is 9.38. The number of aliphatic hydroxyl groups is 1. The number of nitriles is 1. The molecule has 0 aromatic rings. The van der Waals surface area contributed by atoms with Crippen molar-refractivity contribution in [2.75, 3.05) is 26.2 Å². The minimum atomic E-state index is -0.259. The van der Waals surface area contributed by atoms with Crippen LogP contribution in [0.5, 0.6) is 0 Å². The molecule has 1 rings (SSSR count). The van der Waals surface area contributed by atoms with Gasteiger partial charge in [0.25, 0.3) is 0 Å². The molecule has 1 saturated heterocycles. The molecule has 0 aromatic carbocycles. The van der Waals surface area contributed by atoms with Crippen molar-refractivity contribution in [3.63, 3.8) is 0 Å². The van der Waals surface area contributed by atoms with Crippen molar-refractivity contribution >= 4 is 0 Å². The Kier molecular flexibility index (Phi) is 5.20. The Morgan fingerprint density at radius 1 is 1.44 bits per heavy atom. The van der Waals surface area contributed by atoms with Gasteiger partial charge in [0, 0.05) is 38.3 Å². The monoisotopic (exact) mass is 225 g/mol. The van der Waals surface area contributed by atoms with E-state index >= 15 is 0 Å². The molecule has 16 heavy (non-hydrogen) atoms. The second kappa shape index (κ2) is 6.19. The van der Waals surface area contributed by atoms with E-state index in [1.54, 1.807) is 0 Å². The van der Waals surface area contributed by atoms with Crippen LogP contribution in [0, 0.1) is 11.3 Å². The van der Waals surface area contributed by atoms with Crippen LogP contribution in [-0.2, 0) is 0 Å². The van der Waals surface area contributed by atoms with Crippen LogP contribution in [0.15, 0.2) is 0 Å². The molecule has 0 amide bonds. The molecular weight excluding hydrogens is 202 g/mol. The Hall–Kier alpha value is -0.630. The van der Waals surface area contributed by atoms with E-state index < -0.39 is 0 Å². The highest BCUT2D eigenvalue weighted by atomic mass is 16.3. The Bertz CT molecular complexity index is 249. The third kappa shape index (κ3) is 3.75. The minimum Gasteiger partial charge on any atom is -0.392 e. The maximum absolute atomic E-state index is 9.38. The average molecular weight is 225 g/mol. The second-order valence-electron chi connectivity index (χ2n) is 4.90. The lowest BCUT2D eigenvalue weighted by Gasteiger charge is -2.42. The van der Waals surface area contributed by atoms with Gasteiger partial charge < -0.3 is 5.11 Å². The first-order valence-electron chi connectivity index (χ1n) is 6.07. The van der Waals surface area contributed by atoms with Crippen molar-refractivity contribution in [1.82, 2.24) is 9.80 Å². The molecule has 92 valence electrons. The molecule has 4 nitrogen and oxygen atoms in total. The van der Waals surface area contributed by atoms with Crippen LogP contribution in [0.1, 0.15) is 27.2 Å². The number of piperazine rings is 1. The fourth-order valence-electron chi connectivity index (χ4n) is 2.30. The van der Waals surface area contributed by atoms with Crippen molar-refractivity contribution in [2.24, 2.45) is 0 Å². The summed E-state index contributed by atoms with van der Waals surface area (Å²) in [5.74, 6) is 0. The molecule has 0 spiro atoms. The molecule has 0 saturated carbocycles. The van der Waals surface area contributed by atoms with E-state index in [0.29, 0.717) is 18.5 Å². The van der Waals surface area contributed by atoms with Gasteiger partial charge in [-0.05, 0) is 20.8 Å². The molecule has 1 aliphatic rings. The van der Waals surface area contributed by atoms with Gasteiger partial charge in [0.15, 0.2) is 0 Å². The summed E-state index contributed by atoms with van der Waals surface area (Å²) in [6, 6.07) is 3.04. The van der Waals surface area contributed by atoms with Gasteiger partial charge in [-0.2, -0.15) is 5.26 Å². The number of hydrogen-bond donors (Lipinski definition) is 1. The van der Waals surface area contributed by atoms with Crippen LogP contribution in [0.3, 0.4) is 0 Å².